The van der Waals surface area contributed by atoms with Crippen molar-refractivity contribution >= 4 is 10.0 Å². The van der Waals surface area contributed by atoms with Crippen LogP contribution in [0, 0.1) is 5.92 Å². The highest BCUT2D eigenvalue weighted by atomic mass is 32.2. The Balaban J connectivity index is 2.40. The van der Waals surface area contributed by atoms with Crippen molar-refractivity contribution in [2.45, 2.75) is 31.1 Å². The van der Waals surface area contributed by atoms with Crippen LogP contribution < -0.4 is 4.72 Å². The van der Waals surface area contributed by atoms with Gasteiger partial charge in [-0.3, -0.25) is 0 Å². The van der Waals surface area contributed by atoms with Gasteiger partial charge in [0.25, 0.3) is 10.0 Å². The van der Waals surface area contributed by atoms with E-state index in [0.29, 0.717) is 12.8 Å². The lowest BCUT2D eigenvalue weighted by atomic mass is 10.1. The zero-order valence-electron chi connectivity index (χ0n) is 7.49. The van der Waals surface area contributed by atoms with Gasteiger partial charge in [-0.2, -0.15) is 8.78 Å². The van der Waals surface area contributed by atoms with Crippen LogP contribution in [0.15, 0.2) is 0 Å². The van der Waals surface area contributed by atoms with E-state index in [1.54, 1.807) is 4.72 Å². The van der Waals surface area contributed by atoms with E-state index in [9.17, 15) is 22.3 Å². The number of halogens is 2. The Labute approximate surface area is 81.4 Å². The Morgan fingerprint density at radius 2 is 2.07 bits per heavy atom. The number of aliphatic hydroxyl groups excluding tert-OH is 1. The van der Waals surface area contributed by atoms with Gasteiger partial charge in [0.05, 0.1) is 6.10 Å². The molecule has 0 aromatic rings. The molecule has 0 aromatic heterocycles. The molecule has 0 heterocycles. The Morgan fingerprint density at radius 3 is 2.50 bits per heavy atom. The second-order valence-electron chi connectivity index (χ2n) is 3.41. The van der Waals surface area contributed by atoms with Crippen molar-refractivity contribution in [2.75, 3.05) is 6.54 Å². The molecule has 1 rings (SSSR count). The number of nitrogens with one attached hydrogen (secondary N) is 1. The second-order valence-corrected chi connectivity index (χ2v) is 5.15. The van der Waals surface area contributed by atoms with Crippen LogP contribution >= 0.6 is 0 Å². The number of alkyl halides is 2. The van der Waals surface area contributed by atoms with Crippen LogP contribution in [0.3, 0.4) is 0 Å². The van der Waals surface area contributed by atoms with Crippen molar-refractivity contribution in [3.63, 3.8) is 0 Å². The summed E-state index contributed by atoms with van der Waals surface area (Å²) in [5, 5.41) is 9.30. The van der Waals surface area contributed by atoms with E-state index in [0.717, 1.165) is 6.42 Å². The van der Waals surface area contributed by atoms with Gasteiger partial charge in [-0.05, 0) is 18.8 Å². The molecule has 0 amide bonds. The highest BCUT2D eigenvalue weighted by molar-refractivity contribution is 7.89. The largest absolute Gasteiger partial charge is 0.393 e. The number of hydrogen-bond donors (Lipinski definition) is 2. The van der Waals surface area contributed by atoms with Crippen LogP contribution in [-0.4, -0.2) is 31.9 Å². The van der Waals surface area contributed by atoms with Gasteiger partial charge >= 0.3 is 5.76 Å². The van der Waals surface area contributed by atoms with Crippen molar-refractivity contribution in [1.82, 2.24) is 4.72 Å². The molecule has 0 aromatic carbocycles. The molecule has 0 aliphatic heterocycles. The molecule has 1 saturated carbocycles. The first kappa shape index (κ1) is 11.8. The molecule has 2 unspecified atom stereocenters. The smallest absolute Gasteiger partial charge is 0.350 e. The minimum atomic E-state index is -4.50. The van der Waals surface area contributed by atoms with Gasteiger partial charge in [0.15, 0.2) is 0 Å². The Bertz CT molecular complexity index is 281. The molecule has 1 aliphatic carbocycles. The molecular weight excluding hydrogens is 216 g/mol. The summed E-state index contributed by atoms with van der Waals surface area (Å²) in [7, 11) is -4.50. The predicted molar refractivity (Wildman–Crippen MR) is 46.3 cm³/mol. The van der Waals surface area contributed by atoms with Crippen LogP contribution in [0.25, 0.3) is 0 Å². The van der Waals surface area contributed by atoms with E-state index in [1.165, 1.54) is 0 Å². The predicted octanol–water partition coefficient (Wildman–Crippen LogP) is 0.289. The van der Waals surface area contributed by atoms with Gasteiger partial charge in [0.1, 0.15) is 0 Å². The molecular formula is C7H13F2NO3S. The van der Waals surface area contributed by atoms with Gasteiger partial charge in [-0.25, -0.2) is 13.1 Å². The fourth-order valence-corrected chi connectivity index (χ4v) is 2.11. The summed E-state index contributed by atoms with van der Waals surface area (Å²) >= 11 is 0. The van der Waals surface area contributed by atoms with Crippen LogP contribution in [0.4, 0.5) is 8.78 Å². The maximum absolute atomic E-state index is 11.9. The topological polar surface area (TPSA) is 66.4 Å². The van der Waals surface area contributed by atoms with Gasteiger partial charge in [-0.1, -0.05) is 6.42 Å². The molecule has 0 bridgehead atoms. The standard InChI is InChI=1S/C7H13F2NO3S/c8-7(9)14(12,13)10-4-5-2-1-3-6(5)11/h5-7,10-11H,1-4H2. The lowest BCUT2D eigenvalue weighted by Crippen LogP contribution is -2.35. The molecule has 0 saturated heterocycles. The quantitative estimate of drug-likeness (QED) is 0.728. The third-order valence-corrected chi connectivity index (χ3v) is 3.44. The summed E-state index contributed by atoms with van der Waals surface area (Å²) in [4.78, 5) is 0. The molecule has 1 fully saturated rings. The van der Waals surface area contributed by atoms with Crippen molar-refractivity contribution in [3.05, 3.63) is 0 Å². The van der Waals surface area contributed by atoms with E-state index in [-0.39, 0.29) is 12.5 Å². The first-order valence-electron chi connectivity index (χ1n) is 4.38. The van der Waals surface area contributed by atoms with Gasteiger partial charge < -0.3 is 5.11 Å². The fourth-order valence-electron chi connectivity index (χ4n) is 1.54. The maximum Gasteiger partial charge on any atom is 0.350 e. The van der Waals surface area contributed by atoms with Crippen molar-refractivity contribution in [1.29, 1.82) is 0 Å². The average molecular weight is 229 g/mol. The zero-order valence-corrected chi connectivity index (χ0v) is 8.30. The number of sulfonamides is 1. The minimum Gasteiger partial charge on any atom is -0.393 e. The first-order chi connectivity index (χ1) is 6.43. The highest BCUT2D eigenvalue weighted by Gasteiger charge is 2.29. The third-order valence-electron chi connectivity index (χ3n) is 2.40. The highest BCUT2D eigenvalue weighted by Crippen LogP contribution is 2.24. The first-order valence-corrected chi connectivity index (χ1v) is 5.93. The lowest BCUT2D eigenvalue weighted by Gasteiger charge is -2.14. The zero-order chi connectivity index (χ0) is 10.8. The lowest BCUT2D eigenvalue weighted by molar-refractivity contribution is 0.134. The number of rotatable bonds is 4. The van der Waals surface area contributed by atoms with E-state index in [2.05, 4.69) is 0 Å². The van der Waals surface area contributed by atoms with E-state index < -0.39 is 21.9 Å². The fraction of sp³-hybridized carbons (Fsp3) is 1.00. The molecule has 0 radical (unpaired) electrons. The van der Waals surface area contributed by atoms with E-state index in [1.807, 2.05) is 0 Å². The van der Waals surface area contributed by atoms with Gasteiger partial charge in [0, 0.05) is 6.54 Å². The molecule has 1 aliphatic rings. The van der Waals surface area contributed by atoms with E-state index in [4.69, 9.17) is 0 Å². The number of hydrogen-bond acceptors (Lipinski definition) is 3. The summed E-state index contributed by atoms with van der Waals surface area (Å²) in [5.74, 6) is -3.63. The van der Waals surface area contributed by atoms with Crippen LogP contribution in [0.5, 0.6) is 0 Å². The average Bonchev–Trinajstić information content (AvgIpc) is 2.47. The molecule has 14 heavy (non-hydrogen) atoms. The maximum atomic E-state index is 11.9. The molecule has 2 atom stereocenters. The summed E-state index contributed by atoms with van der Waals surface area (Å²) < 4.78 is 46.8. The summed E-state index contributed by atoms with van der Waals surface area (Å²) in [6.07, 6.45) is 1.52. The number of aliphatic hydroxyl groups is 1. The molecule has 4 nitrogen and oxygen atoms in total. The molecule has 0 spiro atoms. The Morgan fingerprint density at radius 1 is 1.43 bits per heavy atom. The van der Waals surface area contributed by atoms with Crippen LogP contribution in [0.1, 0.15) is 19.3 Å². The minimum absolute atomic E-state index is 0.103. The van der Waals surface area contributed by atoms with Crippen molar-refractivity contribution in [3.8, 4) is 0 Å². The molecule has 7 heteroatoms. The van der Waals surface area contributed by atoms with Crippen LogP contribution in [0.2, 0.25) is 0 Å². The normalized spacial score (nSPS) is 28.6. The third kappa shape index (κ3) is 2.86. The summed E-state index contributed by atoms with van der Waals surface area (Å²) in [6, 6.07) is 0. The van der Waals surface area contributed by atoms with E-state index >= 15 is 0 Å². The second kappa shape index (κ2) is 4.50. The summed E-state index contributed by atoms with van der Waals surface area (Å²) in [5.41, 5.74) is 0. The van der Waals surface area contributed by atoms with Crippen molar-refractivity contribution in [2.24, 2.45) is 5.92 Å². The Hall–Kier alpha value is -0.270. The van der Waals surface area contributed by atoms with Gasteiger partial charge in [0.2, 0.25) is 0 Å². The van der Waals surface area contributed by atoms with Crippen LogP contribution in [-0.2, 0) is 10.0 Å². The Kier molecular flexibility index (Phi) is 3.79. The monoisotopic (exact) mass is 229 g/mol. The SMILES string of the molecule is O=S(=O)(NCC1CCCC1O)C(F)F. The van der Waals surface area contributed by atoms with Gasteiger partial charge in [-0.15, -0.1) is 0 Å². The molecule has 2 N–H and O–H groups in total. The van der Waals surface area contributed by atoms with Crippen molar-refractivity contribution < 1.29 is 22.3 Å². The molecule has 84 valence electrons. The summed E-state index contributed by atoms with van der Waals surface area (Å²) in [6.45, 7) is -0.103.